The summed E-state index contributed by atoms with van der Waals surface area (Å²) in [5.41, 5.74) is 2.04. The molecule has 0 saturated carbocycles. The van der Waals surface area contributed by atoms with E-state index in [4.69, 9.17) is 4.74 Å². The van der Waals surface area contributed by atoms with Gasteiger partial charge in [-0.15, -0.1) is 11.3 Å². The van der Waals surface area contributed by atoms with Gasteiger partial charge in [0.2, 0.25) is 0 Å². The number of rotatable bonds is 7. The number of aromatic nitrogens is 1. The Morgan fingerprint density at radius 2 is 2.00 bits per heavy atom. The van der Waals surface area contributed by atoms with Crippen molar-refractivity contribution < 1.29 is 17.9 Å². The van der Waals surface area contributed by atoms with E-state index < -0.39 is 10.2 Å². The Balaban J connectivity index is 1.57. The molecule has 0 bridgehead atoms. The molecule has 3 rings (SSSR count). The van der Waals surface area contributed by atoms with Crippen LogP contribution in [0, 0.1) is 0 Å². The molecule has 29 heavy (non-hydrogen) atoms. The van der Waals surface area contributed by atoms with E-state index in [2.05, 4.69) is 24.1 Å². The second-order valence-electron chi connectivity index (χ2n) is 7.32. The number of hydrogen-bond donors (Lipinski definition) is 1. The topological polar surface area (TPSA) is 91.8 Å². The van der Waals surface area contributed by atoms with E-state index in [1.54, 1.807) is 0 Å². The lowest BCUT2D eigenvalue weighted by molar-refractivity contribution is -0.118. The van der Waals surface area contributed by atoms with E-state index in [1.807, 2.05) is 24.3 Å². The first-order valence-corrected chi connectivity index (χ1v) is 11.6. The summed E-state index contributed by atoms with van der Waals surface area (Å²) in [6.07, 6.45) is 0.521. The minimum absolute atomic E-state index is 0.119. The molecule has 0 spiro atoms. The van der Waals surface area contributed by atoms with Crippen molar-refractivity contribution in [1.82, 2.24) is 13.6 Å². The smallest absolute Gasteiger partial charge is 0.281 e. The fraction of sp³-hybridized carbons (Fsp3) is 0.474. The van der Waals surface area contributed by atoms with Crippen LogP contribution in [-0.4, -0.2) is 55.2 Å². The van der Waals surface area contributed by atoms with Gasteiger partial charge in [-0.1, -0.05) is 26.0 Å². The van der Waals surface area contributed by atoms with E-state index in [-0.39, 0.29) is 19.1 Å². The Labute approximate surface area is 175 Å². The number of anilines is 1. The molecule has 1 aliphatic rings. The Kier molecular flexibility index (Phi) is 6.57. The molecule has 0 aliphatic carbocycles. The highest BCUT2D eigenvalue weighted by molar-refractivity contribution is 7.86. The number of hydrogen-bond acceptors (Lipinski definition) is 6. The number of nitrogens with zero attached hydrogens (tertiary/aromatic N) is 3. The second kappa shape index (κ2) is 8.78. The summed E-state index contributed by atoms with van der Waals surface area (Å²) in [7, 11) is -0.439. The third kappa shape index (κ3) is 5.13. The molecule has 1 amide bonds. The number of fused-ring (bicyclic) bond motifs is 1. The van der Waals surface area contributed by atoms with Crippen LogP contribution in [0.5, 0.6) is 5.75 Å². The fourth-order valence-corrected chi connectivity index (χ4v) is 5.10. The molecule has 0 fully saturated rings. The van der Waals surface area contributed by atoms with Crippen LogP contribution in [0.4, 0.5) is 5.13 Å². The van der Waals surface area contributed by atoms with Gasteiger partial charge in [0, 0.05) is 31.9 Å². The Hall–Kier alpha value is -2.01. The summed E-state index contributed by atoms with van der Waals surface area (Å²) in [4.78, 5) is 17.5. The molecule has 1 N–H and O–H groups in total. The van der Waals surface area contributed by atoms with Crippen molar-refractivity contribution >= 4 is 32.6 Å². The molecule has 8 nitrogen and oxygen atoms in total. The highest BCUT2D eigenvalue weighted by Gasteiger charge is 2.30. The summed E-state index contributed by atoms with van der Waals surface area (Å²) in [6, 6.07) is 7.68. The Morgan fingerprint density at radius 1 is 1.31 bits per heavy atom. The summed E-state index contributed by atoms with van der Waals surface area (Å²) in [5, 5.41) is 3.20. The third-order valence-corrected chi connectivity index (χ3v) is 7.53. The zero-order chi connectivity index (χ0) is 21.2. The van der Waals surface area contributed by atoms with E-state index in [0.717, 1.165) is 10.6 Å². The maximum atomic E-state index is 12.3. The number of ether oxygens (including phenoxy) is 1. The summed E-state index contributed by atoms with van der Waals surface area (Å²) in [5.74, 6) is 0.765. The zero-order valence-corrected chi connectivity index (χ0v) is 18.6. The molecular formula is C19H26N4O4S2. The van der Waals surface area contributed by atoms with E-state index in [1.165, 1.54) is 39.6 Å². The van der Waals surface area contributed by atoms with Crippen molar-refractivity contribution in [1.29, 1.82) is 0 Å². The summed E-state index contributed by atoms with van der Waals surface area (Å²) in [6.45, 7) is 4.76. The van der Waals surface area contributed by atoms with Crippen LogP contribution in [0.15, 0.2) is 24.3 Å². The van der Waals surface area contributed by atoms with Gasteiger partial charge in [-0.25, -0.2) is 4.98 Å². The second-order valence-corrected chi connectivity index (χ2v) is 10.5. The predicted octanol–water partition coefficient (Wildman–Crippen LogP) is 2.45. The lowest BCUT2D eigenvalue weighted by Crippen LogP contribution is -2.42. The van der Waals surface area contributed by atoms with Gasteiger partial charge >= 0.3 is 0 Å². The van der Waals surface area contributed by atoms with Crippen molar-refractivity contribution in [2.24, 2.45) is 0 Å². The Morgan fingerprint density at radius 3 is 2.62 bits per heavy atom. The number of carbonyl (C=O) groups is 1. The standard InChI is InChI=1S/C19H26N4O4S2/c1-13(2)14-5-7-15(8-6-14)27-12-18(24)21-19-20-16-9-10-23(11-17(16)28-19)29(25,26)22(3)4/h5-8,13H,9-12H2,1-4H3,(H,20,21,24). The van der Waals surface area contributed by atoms with Crippen LogP contribution in [0.25, 0.3) is 0 Å². The normalized spacial score (nSPS) is 14.8. The van der Waals surface area contributed by atoms with Crippen molar-refractivity contribution in [3.05, 3.63) is 40.4 Å². The van der Waals surface area contributed by atoms with Crippen molar-refractivity contribution in [3.63, 3.8) is 0 Å². The molecule has 1 aromatic heterocycles. The van der Waals surface area contributed by atoms with Crippen molar-refractivity contribution in [2.45, 2.75) is 32.7 Å². The molecule has 1 aromatic carbocycles. The van der Waals surface area contributed by atoms with Gasteiger partial charge in [0.15, 0.2) is 11.7 Å². The average Bonchev–Trinajstić information content (AvgIpc) is 3.07. The maximum absolute atomic E-state index is 12.3. The number of thiazole rings is 1. The number of benzene rings is 1. The van der Waals surface area contributed by atoms with E-state index in [0.29, 0.717) is 29.8 Å². The van der Waals surface area contributed by atoms with E-state index >= 15 is 0 Å². The number of amides is 1. The number of carbonyl (C=O) groups excluding carboxylic acids is 1. The van der Waals surface area contributed by atoms with Gasteiger partial charge in [0.25, 0.3) is 16.1 Å². The van der Waals surface area contributed by atoms with Crippen LogP contribution < -0.4 is 10.1 Å². The molecule has 0 unspecified atom stereocenters. The van der Waals surface area contributed by atoms with Gasteiger partial charge in [-0.2, -0.15) is 17.0 Å². The summed E-state index contributed by atoms with van der Waals surface area (Å²) >= 11 is 1.30. The highest BCUT2D eigenvalue weighted by atomic mass is 32.2. The molecule has 2 aromatic rings. The minimum Gasteiger partial charge on any atom is -0.484 e. The lowest BCUT2D eigenvalue weighted by atomic mass is 10.0. The first kappa shape index (κ1) is 21.7. The van der Waals surface area contributed by atoms with Gasteiger partial charge in [0.1, 0.15) is 5.75 Å². The molecule has 158 valence electrons. The average molecular weight is 439 g/mol. The van der Waals surface area contributed by atoms with E-state index in [9.17, 15) is 13.2 Å². The third-order valence-electron chi connectivity index (χ3n) is 4.65. The monoisotopic (exact) mass is 438 g/mol. The summed E-state index contributed by atoms with van der Waals surface area (Å²) < 4.78 is 32.8. The molecule has 2 heterocycles. The molecular weight excluding hydrogens is 412 g/mol. The van der Waals surface area contributed by atoms with Gasteiger partial charge in [-0.05, 0) is 23.6 Å². The van der Waals surface area contributed by atoms with Crippen LogP contribution in [0.2, 0.25) is 0 Å². The molecule has 0 radical (unpaired) electrons. The quantitative estimate of drug-likeness (QED) is 0.717. The first-order chi connectivity index (χ1) is 13.7. The molecule has 10 heteroatoms. The maximum Gasteiger partial charge on any atom is 0.281 e. The molecule has 0 saturated heterocycles. The van der Waals surface area contributed by atoms with Gasteiger partial charge in [0.05, 0.1) is 12.2 Å². The van der Waals surface area contributed by atoms with Crippen molar-refractivity contribution in [3.8, 4) is 5.75 Å². The fourth-order valence-electron chi connectivity index (χ4n) is 2.91. The largest absolute Gasteiger partial charge is 0.484 e. The van der Waals surface area contributed by atoms with Crippen LogP contribution in [-0.2, 0) is 28.0 Å². The molecule has 1 aliphatic heterocycles. The predicted molar refractivity (Wildman–Crippen MR) is 113 cm³/mol. The highest BCUT2D eigenvalue weighted by Crippen LogP contribution is 2.29. The Bertz CT molecular complexity index is 969. The minimum atomic E-state index is -3.47. The van der Waals surface area contributed by atoms with Crippen LogP contribution >= 0.6 is 11.3 Å². The van der Waals surface area contributed by atoms with Gasteiger partial charge < -0.3 is 4.74 Å². The van der Waals surface area contributed by atoms with Crippen LogP contribution in [0.1, 0.15) is 35.9 Å². The number of nitrogens with one attached hydrogen (secondary N) is 1. The lowest BCUT2D eigenvalue weighted by Gasteiger charge is -2.27. The SMILES string of the molecule is CC(C)c1ccc(OCC(=O)Nc2nc3c(s2)CN(S(=O)(=O)N(C)C)CC3)cc1. The van der Waals surface area contributed by atoms with Crippen molar-refractivity contribution in [2.75, 3.05) is 32.6 Å². The van der Waals surface area contributed by atoms with Gasteiger partial charge in [-0.3, -0.25) is 10.1 Å². The first-order valence-electron chi connectivity index (χ1n) is 9.35. The molecule has 0 atom stereocenters. The zero-order valence-electron chi connectivity index (χ0n) is 17.0. The van der Waals surface area contributed by atoms with Crippen LogP contribution in [0.3, 0.4) is 0 Å².